The van der Waals surface area contributed by atoms with Gasteiger partial charge < -0.3 is 14.2 Å². The van der Waals surface area contributed by atoms with Gasteiger partial charge in [0.1, 0.15) is 13.2 Å². The molecule has 0 saturated carbocycles. The van der Waals surface area contributed by atoms with Crippen LogP contribution in [0.3, 0.4) is 0 Å². The van der Waals surface area contributed by atoms with E-state index in [-0.39, 0.29) is 31.1 Å². The molecule has 1 unspecified atom stereocenters. The second-order valence-electron chi connectivity index (χ2n) is 18.8. The maximum absolute atomic E-state index is 12.8. The first-order valence-corrected chi connectivity index (χ1v) is 28.6. The molecule has 0 amide bonds. The molecule has 390 valence electrons. The van der Waals surface area contributed by atoms with Gasteiger partial charge in [0.15, 0.2) is 6.10 Å². The van der Waals surface area contributed by atoms with Crippen molar-refractivity contribution in [2.75, 3.05) is 13.2 Å². The molecule has 0 fully saturated rings. The number of rotatable bonds is 51. The van der Waals surface area contributed by atoms with Crippen molar-refractivity contribution in [3.05, 3.63) is 85.1 Å². The van der Waals surface area contributed by atoms with E-state index in [0.29, 0.717) is 19.3 Å². The minimum atomic E-state index is -0.796. The highest BCUT2D eigenvalue weighted by Crippen LogP contribution is 2.14. The summed E-state index contributed by atoms with van der Waals surface area (Å²) in [6.07, 6.45) is 72.7. The van der Waals surface area contributed by atoms with Crippen LogP contribution in [0.5, 0.6) is 0 Å². The van der Waals surface area contributed by atoms with Crippen LogP contribution in [0.25, 0.3) is 0 Å². The van der Waals surface area contributed by atoms with Crippen molar-refractivity contribution in [1.29, 1.82) is 0 Å². The van der Waals surface area contributed by atoms with Gasteiger partial charge in [0, 0.05) is 19.3 Å². The highest BCUT2D eigenvalue weighted by molar-refractivity contribution is 5.71. The molecule has 0 saturated heterocycles. The fourth-order valence-electron chi connectivity index (χ4n) is 7.74. The standard InChI is InChI=1S/C62H106O6/c1-4-7-10-13-16-19-22-25-28-30-31-32-35-37-40-43-46-49-52-55-61(64)67-58-59(57-66-60(63)54-51-48-45-42-39-36-33-27-24-21-18-15-12-9-6-3)68-62(65)56-53-50-47-44-41-38-34-29-26-23-20-17-14-11-8-5-2/h16,18-21,23,25,27-29,31-34,59H,4-15,17,22,24,26,30,35-58H2,1-3H3/b19-16-,21-18-,23-20-,28-25-,32-31-,33-27-,34-29-. The Morgan fingerprint density at radius 2 is 0.529 bits per heavy atom. The Kier molecular flexibility index (Phi) is 53.4. The molecule has 0 spiro atoms. The van der Waals surface area contributed by atoms with Gasteiger partial charge in [-0.3, -0.25) is 14.4 Å². The zero-order valence-electron chi connectivity index (χ0n) is 44.6. The smallest absolute Gasteiger partial charge is 0.306 e. The van der Waals surface area contributed by atoms with Crippen LogP contribution in [0, 0.1) is 0 Å². The van der Waals surface area contributed by atoms with E-state index in [0.717, 1.165) is 128 Å². The molecule has 0 N–H and O–H groups in total. The third-order valence-electron chi connectivity index (χ3n) is 12.1. The van der Waals surface area contributed by atoms with Gasteiger partial charge in [-0.25, -0.2) is 0 Å². The van der Waals surface area contributed by atoms with E-state index in [1.165, 1.54) is 103 Å². The van der Waals surface area contributed by atoms with Crippen LogP contribution in [0.15, 0.2) is 85.1 Å². The molecule has 0 rings (SSSR count). The van der Waals surface area contributed by atoms with E-state index in [1.54, 1.807) is 0 Å². The normalized spacial score (nSPS) is 12.7. The zero-order chi connectivity index (χ0) is 49.3. The minimum Gasteiger partial charge on any atom is -0.462 e. The number of carbonyl (C=O) groups excluding carboxylic acids is 3. The van der Waals surface area contributed by atoms with Gasteiger partial charge in [0.25, 0.3) is 0 Å². The quantitative estimate of drug-likeness (QED) is 0.0262. The van der Waals surface area contributed by atoms with Crippen molar-refractivity contribution in [2.45, 2.75) is 277 Å². The molecular weight excluding hydrogens is 841 g/mol. The molecular formula is C62H106O6. The molecule has 0 aliphatic heterocycles. The van der Waals surface area contributed by atoms with Crippen LogP contribution in [-0.2, 0) is 28.6 Å². The maximum atomic E-state index is 12.8. The molecule has 0 heterocycles. The maximum Gasteiger partial charge on any atom is 0.306 e. The Balaban J connectivity index is 4.45. The highest BCUT2D eigenvalue weighted by atomic mass is 16.6. The summed E-state index contributed by atoms with van der Waals surface area (Å²) in [5.74, 6) is -0.929. The molecule has 68 heavy (non-hydrogen) atoms. The average Bonchev–Trinajstić information content (AvgIpc) is 3.34. The van der Waals surface area contributed by atoms with Gasteiger partial charge in [-0.1, -0.05) is 215 Å². The second-order valence-corrected chi connectivity index (χ2v) is 18.8. The summed E-state index contributed by atoms with van der Waals surface area (Å²) in [7, 11) is 0. The van der Waals surface area contributed by atoms with Crippen molar-refractivity contribution < 1.29 is 28.6 Å². The zero-order valence-corrected chi connectivity index (χ0v) is 44.6. The monoisotopic (exact) mass is 947 g/mol. The summed E-state index contributed by atoms with van der Waals surface area (Å²) in [6.45, 7) is 6.54. The lowest BCUT2D eigenvalue weighted by atomic mass is 10.1. The van der Waals surface area contributed by atoms with Gasteiger partial charge in [0.2, 0.25) is 0 Å². The van der Waals surface area contributed by atoms with Crippen molar-refractivity contribution in [3.8, 4) is 0 Å². The molecule has 0 radical (unpaired) electrons. The predicted octanol–water partition coefficient (Wildman–Crippen LogP) is 19.2. The number of carbonyl (C=O) groups is 3. The summed E-state index contributed by atoms with van der Waals surface area (Å²) in [5.41, 5.74) is 0. The molecule has 0 aromatic carbocycles. The Labute approximate surface area is 420 Å². The first-order chi connectivity index (χ1) is 33.5. The third kappa shape index (κ3) is 53.5. The molecule has 0 aromatic rings. The Hall–Kier alpha value is -3.41. The summed E-state index contributed by atoms with van der Waals surface area (Å²) >= 11 is 0. The molecule has 0 bridgehead atoms. The molecule has 0 aliphatic rings. The first-order valence-electron chi connectivity index (χ1n) is 28.6. The largest absolute Gasteiger partial charge is 0.462 e. The lowest BCUT2D eigenvalue weighted by Gasteiger charge is -2.18. The van der Waals surface area contributed by atoms with Crippen LogP contribution in [0.2, 0.25) is 0 Å². The number of allylic oxidation sites excluding steroid dienone is 14. The van der Waals surface area contributed by atoms with Crippen LogP contribution in [0.4, 0.5) is 0 Å². The van der Waals surface area contributed by atoms with E-state index >= 15 is 0 Å². The van der Waals surface area contributed by atoms with Gasteiger partial charge >= 0.3 is 17.9 Å². The van der Waals surface area contributed by atoms with E-state index in [1.807, 2.05) is 0 Å². The van der Waals surface area contributed by atoms with Crippen molar-refractivity contribution >= 4 is 17.9 Å². The van der Waals surface area contributed by atoms with E-state index in [9.17, 15) is 14.4 Å². The average molecular weight is 948 g/mol. The van der Waals surface area contributed by atoms with Crippen LogP contribution >= 0.6 is 0 Å². The lowest BCUT2D eigenvalue weighted by molar-refractivity contribution is -0.167. The van der Waals surface area contributed by atoms with Crippen LogP contribution in [0.1, 0.15) is 271 Å². The molecule has 0 aliphatic carbocycles. The van der Waals surface area contributed by atoms with E-state index < -0.39 is 6.10 Å². The number of unbranched alkanes of at least 4 members (excludes halogenated alkanes) is 26. The van der Waals surface area contributed by atoms with Gasteiger partial charge in [-0.05, 0) is 122 Å². The SMILES string of the molecule is CCCCC/C=C\C/C=C\C/C=C\CCCCCCCCC(=O)OCC(COC(=O)CCCCCCC/C=C\C/C=C\CCCCC)OC(=O)CCCCCCC/C=C\C/C=C\CCCCCC. The Bertz CT molecular complexity index is 1320. The molecule has 1 atom stereocenters. The van der Waals surface area contributed by atoms with E-state index in [4.69, 9.17) is 14.2 Å². The number of ether oxygens (including phenoxy) is 3. The van der Waals surface area contributed by atoms with Crippen molar-refractivity contribution in [1.82, 2.24) is 0 Å². The summed E-state index contributed by atoms with van der Waals surface area (Å²) in [4.78, 5) is 38.1. The van der Waals surface area contributed by atoms with Crippen molar-refractivity contribution in [3.63, 3.8) is 0 Å². The van der Waals surface area contributed by atoms with Gasteiger partial charge in [-0.2, -0.15) is 0 Å². The minimum absolute atomic E-state index is 0.0940. The summed E-state index contributed by atoms with van der Waals surface area (Å²) < 4.78 is 16.8. The summed E-state index contributed by atoms with van der Waals surface area (Å²) in [6, 6.07) is 0. The van der Waals surface area contributed by atoms with E-state index in [2.05, 4.69) is 106 Å². The number of esters is 3. The van der Waals surface area contributed by atoms with Gasteiger partial charge in [0.05, 0.1) is 0 Å². The Morgan fingerprint density at radius 3 is 0.853 bits per heavy atom. The lowest BCUT2D eigenvalue weighted by Crippen LogP contribution is -2.30. The van der Waals surface area contributed by atoms with Crippen LogP contribution < -0.4 is 0 Å². The second kappa shape index (κ2) is 56.2. The highest BCUT2D eigenvalue weighted by Gasteiger charge is 2.19. The summed E-state index contributed by atoms with van der Waals surface area (Å²) in [5, 5.41) is 0. The molecule has 0 aromatic heterocycles. The molecule has 6 heteroatoms. The predicted molar refractivity (Wildman–Crippen MR) is 293 cm³/mol. The molecule has 6 nitrogen and oxygen atoms in total. The Morgan fingerprint density at radius 1 is 0.294 bits per heavy atom. The van der Waals surface area contributed by atoms with Crippen molar-refractivity contribution in [2.24, 2.45) is 0 Å². The third-order valence-corrected chi connectivity index (χ3v) is 12.1. The van der Waals surface area contributed by atoms with Gasteiger partial charge in [-0.15, -0.1) is 0 Å². The topological polar surface area (TPSA) is 78.9 Å². The first kappa shape index (κ1) is 64.6. The van der Waals surface area contributed by atoms with Crippen LogP contribution in [-0.4, -0.2) is 37.2 Å². The number of hydrogen-bond acceptors (Lipinski definition) is 6. The fourth-order valence-corrected chi connectivity index (χ4v) is 7.74. The fraction of sp³-hybridized carbons (Fsp3) is 0.726. The number of hydrogen-bond donors (Lipinski definition) is 0.